The lowest BCUT2D eigenvalue weighted by molar-refractivity contribution is 0.0705. The van der Waals surface area contributed by atoms with Crippen molar-refractivity contribution >= 4 is 22.5 Å². The van der Waals surface area contributed by atoms with Gasteiger partial charge in [0.25, 0.3) is 5.91 Å². The summed E-state index contributed by atoms with van der Waals surface area (Å²) >= 11 is 0. The van der Waals surface area contributed by atoms with Gasteiger partial charge in [0, 0.05) is 41.7 Å². The number of hydrogen-bond acceptors (Lipinski definition) is 4. The number of likely N-dealkylation sites (tertiary alicyclic amines) is 1. The zero-order chi connectivity index (χ0) is 18.4. The molecule has 6 nitrogen and oxygen atoms in total. The van der Waals surface area contributed by atoms with Gasteiger partial charge in [0.15, 0.2) is 5.65 Å². The second-order valence-corrected chi connectivity index (χ2v) is 7.19. The first-order chi connectivity index (χ1) is 13.2. The number of aryl methyl sites for hydroxylation is 1. The predicted octanol–water partition coefficient (Wildman–Crippen LogP) is 3.80. The minimum absolute atomic E-state index is 0.0743. The lowest BCUT2D eigenvalue weighted by Crippen LogP contribution is -2.39. The maximum absolute atomic E-state index is 13.1. The summed E-state index contributed by atoms with van der Waals surface area (Å²) in [4.78, 5) is 19.6. The molecule has 1 amide bonds. The smallest absolute Gasteiger partial charge is 0.253 e. The lowest BCUT2D eigenvalue weighted by Gasteiger charge is -2.33. The van der Waals surface area contributed by atoms with Crippen LogP contribution in [0.1, 0.15) is 40.5 Å². The Bertz CT molecular complexity index is 1140. The Morgan fingerprint density at radius 1 is 1.22 bits per heavy atom. The third-order valence-corrected chi connectivity index (χ3v) is 5.34. The van der Waals surface area contributed by atoms with Crippen molar-refractivity contribution in [2.45, 2.75) is 25.7 Å². The largest absolute Gasteiger partial charge is 0.464 e. The zero-order valence-electron chi connectivity index (χ0n) is 15.1. The Labute approximate surface area is 156 Å². The number of amides is 1. The van der Waals surface area contributed by atoms with Gasteiger partial charge in [0.2, 0.25) is 0 Å². The molecule has 4 heterocycles. The second kappa shape index (κ2) is 6.23. The van der Waals surface area contributed by atoms with Gasteiger partial charge in [-0.25, -0.2) is 9.50 Å². The molecule has 3 aromatic heterocycles. The Morgan fingerprint density at radius 3 is 3.07 bits per heavy atom. The molecule has 0 unspecified atom stereocenters. The molecule has 0 N–H and O–H groups in total. The molecule has 0 bridgehead atoms. The van der Waals surface area contributed by atoms with Gasteiger partial charge in [-0.2, -0.15) is 5.10 Å². The molecule has 0 spiro atoms. The highest BCUT2D eigenvalue weighted by Crippen LogP contribution is 2.29. The number of piperidine rings is 1. The van der Waals surface area contributed by atoms with E-state index in [9.17, 15) is 4.79 Å². The van der Waals surface area contributed by atoms with Gasteiger partial charge < -0.3 is 9.32 Å². The molecular weight excluding hydrogens is 340 g/mol. The van der Waals surface area contributed by atoms with E-state index >= 15 is 0 Å². The minimum Gasteiger partial charge on any atom is -0.464 e. The summed E-state index contributed by atoms with van der Waals surface area (Å²) in [6, 6.07) is 11.5. The lowest BCUT2D eigenvalue weighted by atomic mass is 9.93. The van der Waals surface area contributed by atoms with E-state index in [1.807, 2.05) is 46.7 Å². The molecule has 1 aliphatic heterocycles. The Morgan fingerprint density at radius 2 is 2.15 bits per heavy atom. The number of benzene rings is 1. The van der Waals surface area contributed by atoms with Crippen LogP contribution in [0, 0.1) is 6.92 Å². The molecule has 1 aromatic carbocycles. The van der Waals surface area contributed by atoms with E-state index in [1.54, 1.807) is 12.5 Å². The number of rotatable bonds is 2. The first-order valence-corrected chi connectivity index (χ1v) is 9.27. The van der Waals surface area contributed by atoms with Crippen molar-refractivity contribution in [1.29, 1.82) is 0 Å². The van der Waals surface area contributed by atoms with Crippen molar-refractivity contribution in [2.24, 2.45) is 0 Å². The van der Waals surface area contributed by atoms with Crippen molar-refractivity contribution in [3.8, 4) is 0 Å². The van der Waals surface area contributed by atoms with Crippen molar-refractivity contribution < 1.29 is 9.21 Å². The number of carbonyl (C=O) groups excluding carboxylic acids is 1. The van der Waals surface area contributed by atoms with Crippen LogP contribution in [0.25, 0.3) is 16.6 Å². The highest BCUT2D eigenvalue weighted by Gasteiger charge is 2.27. The van der Waals surface area contributed by atoms with E-state index in [2.05, 4.69) is 16.1 Å². The molecule has 0 aliphatic carbocycles. The molecule has 0 saturated carbocycles. The van der Waals surface area contributed by atoms with Crippen LogP contribution in [0.2, 0.25) is 0 Å². The number of carbonyl (C=O) groups is 1. The number of hydrogen-bond donors (Lipinski definition) is 0. The molecule has 1 fully saturated rings. The highest BCUT2D eigenvalue weighted by atomic mass is 16.3. The Balaban J connectivity index is 1.44. The third-order valence-electron chi connectivity index (χ3n) is 5.34. The summed E-state index contributed by atoms with van der Waals surface area (Å²) in [5.41, 5.74) is 4.48. The average molecular weight is 360 g/mol. The molecule has 4 aromatic rings. The van der Waals surface area contributed by atoms with E-state index in [4.69, 9.17) is 4.42 Å². The molecule has 6 heteroatoms. The first-order valence-electron chi connectivity index (χ1n) is 9.27. The molecule has 136 valence electrons. The van der Waals surface area contributed by atoms with Crippen LogP contribution < -0.4 is 0 Å². The second-order valence-electron chi connectivity index (χ2n) is 7.19. The SMILES string of the molecule is Cc1cc([C@H]2CCCN(C(=O)c3ccc4occc4c3)C2)n2nccc2n1. The number of fused-ring (bicyclic) bond motifs is 2. The summed E-state index contributed by atoms with van der Waals surface area (Å²) in [5.74, 6) is 0.328. The van der Waals surface area contributed by atoms with Gasteiger partial charge in [0.1, 0.15) is 5.58 Å². The average Bonchev–Trinajstić information content (AvgIpc) is 3.35. The summed E-state index contributed by atoms with van der Waals surface area (Å²) in [7, 11) is 0. The van der Waals surface area contributed by atoms with Crippen LogP contribution in [0.5, 0.6) is 0 Å². The fraction of sp³-hybridized carbons (Fsp3) is 0.286. The highest BCUT2D eigenvalue weighted by molar-refractivity contribution is 5.97. The van der Waals surface area contributed by atoms with Gasteiger partial charge in [0.05, 0.1) is 18.2 Å². The minimum atomic E-state index is 0.0743. The van der Waals surface area contributed by atoms with Gasteiger partial charge >= 0.3 is 0 Å². The quantitative estimate of drug-likeness (QED) is 0.545. The van der Waals surface area contributed by atoms with E-state index in [-0.39, 0.29) is 11.8 Å². The van der Waals surface area contributed by atoms with Gasteiger partial charge in [-0.05, 0) is 50.1 Å². The molecule has 5 rings (SSSR count). The van der Waals surface area contributed by atoms with Crippen molar-refractivity contribution in [3.63, 3.8) is 0 Å². The summed E-state index contributed by atoms with van der Waals surface area (Å²) in [5, 5.41) is 5.39. The summed E-state index contributed by atoms with van der Waals surface area (Å²) < 4.78 is 7.28. The van der Waals surface area contributed by atoms with Crippen LogP contribution in [0.3, 0.4) is 0 Å². The first kappa shape index (κ1) is 16.1. The summed E-state index contributed by atoms with van der Waals surface area (Å²) in [6.45, 7) is 3.48. The van der Waals surface area contributed by atoms with Crippen LogP contribution in [-0.4, -0.2) is 38.5 Å². The topological polar surface area (TPSA) is 63.6 Å². The molecule has 1 aliphatic rings. The molecular formula is C21H20N4O2. The molecule has 1 atom stereocenters. The summed E-state index contributed by atoms with van der Waals surface area (Å²) in [6.07, 6.45) is 5.45. The standard InChI is InChI=1S/C21H20N4O2/c1-14-11-18(25-20(23-14)6-8-22-25)17-3-2-9-24(13-17)21(26)16-4-5-19-15(12-16)7-10-27-19/h4-8,10-12,17H,2-3,9,13H2,1H3/t17-/m0/s1. The number of furan rings is 1. The van der Waals surface area contributed by atoms with E-state index in [1.165, 1.54) is 0 Å². The normalized spacial score (nSPS) is 17.7. The Kier molecular flexibility index (Phi) is 3.70. The predicted molar refractivity (Wildman–Crippen MR) is 102 cm³/mol. The maximum atomic E-state index is 13.1. The van der Waals surface area contributed by atoms with Gasteiger partial charge in [-0.15, -0.1) is 0 Å². The van der Waals surface area contributed by atoms with E-state index in [0.29, 0.717) is 12.1 Å². The van der Waals surface area contributed by atoms with Crippen molar-refractivity contribution in [3.05, 3.63) is 65.8 Å². The molecule has 0 radical (unpaired) electrons. The van der Waals surface area contributed by atoms with Crippen LogP contribution in [-0.2, 0) is 0 Å². The molecule has 1 saturated heterocycles. The number of nitrogens with zero attached hydrogens (tertiary/aromatic N) is 4. The fourth-order valence-electron chi connectivity index (χ4n) is 4.04. The van der Waals surface area contributed by atoms with E-state index in [0.717, 1.165) is 47.4 Å². The van der Waals surface area contributed by atoms with Crippen molar-refractivity contribution in [1.82, 2.24) is 19.5 Å². The maximum Gasteiger partial charge on any atom is 0.253 e. The van der Waals surface area contributed by atoms with Crippen molar-refractivity contribution in [2.75, 3.05) is 13.1 Å². The van der Waals surface area contributed by atoms with Crippen LogP contribution in [0.15, 0.2) is 53.3 Å². The molecule has 27 heavy (non-hydrogen) atoms. The number of aromatic nitrogens is 3. The van der Waals surface area contributed by atoms with E-state index < -0.39 is 0 Å². The zero-order valence-corrected chi connectivity index (χ0v) is 15.1. The third kappa shape index (κ3) is 2.77. The van der Waals surface area contributed by atoms with Crippen LogP contribution in [0.4, 0.5) is 0 Å². The van der Waals surface area contributed by atoms with Crippen LogP contribution >= 0.6 is 0 Å². The van der Waals surface area contributed by atoms with Gasteiger partial charge in [-0.3, -0.25) is 4.79 Å². The van der Waals surface area contributed by atoms with Gasteiger partial charge in [-0.1, -0.05) is 0 Å². The fourth-order valence-corrected chi connectivity index (χ4v) is 4.04. The Hall–Kier alpha value is -3.15. The monoisotopic (exact) mass is 360 g/mol.